The molecule has 2 aromatic rings. The number of aliphatic hydroxyl groups excluding tert-OH is 1. The first kappa shape index (κ1) is 11.8. The lowest BCUT2D eigenvalue weighted by atomic mass is 9.85. The summed E-state index contributed by atoms with van der Waals surface area (Å²) in [5.74, 6) is 0. The average Bonchev–Trinajstić information content (AvgIpc) is 2.76. The Balaban J connectivity index is 2.16. The maximum atomic E-state index is 9.48. The van der Waals surface area contributed by atoms with E-state index in [1.807, 2.05) is 0 Å². The molecule has 0 saturated carbocycles. The van der Waals surface area contributed by atoms with Gasteiger partial charge >= 0.3 is 0 Å². The van der Waals surface area contributed by atoms with Crippen LogP contribution in [0.1, 0.15) is 30.7 Å². The molecule has 3 nitrogen and oxygen atoms in total. The molecule has 0 atom stereocenters. The summed E-state index contributed by atoms with van der Waals surface area (Å²) in [6.07, 6.45) is 0.961. The van der Waals surface area contributed by atoms with Gasteiger partial charge in [0, 0.05) is 34.0 Å². The van der Waals surface area contributed by atoms with E-state index in [1.54, 1.807) is 0 Å². The van der Waals surface area contributed by atoms with Gasteiger partial charge in [-0.2, -0.15) is 0 Å². The minimum Gasteiger partial charge on any atom is -0.395 e. The van der Waals surface area contributed by atoms with Crippen molar-refractivity contribution in [2.75, 3.05) is 13.2 Å². The van der Waals surface area contributed by atoms with Gasteiger partial charge in [0.25, 0.3) is 0 Å². The van der Waals surface area contributed by atoms with Gasteiger partial charge in [0.2, 0.25) is 0 Å². The van der Waals surface area contributed by atoms with Gasteiger partial charge in [0.15, 0.2) is 0 Å². The number of hydrogen-bond donors (Lipinski definition) is 2. The zero-order valence-corrected chi connectivity index (χ0v) is 10.9. The minimum atomic E-state index is -0.201. The molecule has 0 bridgehead atoms. The summed E-state index contributed by atoms with van der Waals surface area (Å²) in [4.78, 5) is 3.47. The molecule has 1 aromatic carbocycles. The largest absolute Gasteiger partial charge is 0.395 e. The SMILES string of the molecule is CC(C)(CO)c1ccc2[nH]c3c(c2c1)COCC3. The van der Waals surface area contributed by atoms with Crippen LogP contribution in [-0.2, 0) is 23.2 Å². The second kappa shape index (κ2) is 4.11. The fourth-order valence-electron chi connectivity index (χ4n) is 2.54. The van der Waals surface area contributed by atoms with Crippen molar-refractivity contribution in [1.82, 2.24) is 4.98 Å². The van der Waals surface area contributed by atoms with Crippen LogP contribution < -0.4 is 0 Å². The molecule has 1 aliphatic rings. The van der Waals surface area contributed by atoms with Gasteiger partial charge in [-0.3, -0.25) is 0 Å². The molecule has 18 heavy (non-hydrogen) atoms. The summed E-state index contributed by atoms with van der Waals surface area (Å²) in [5.41, 5.74) is 4.73. The Bertz CT molecular complexity index is 583. The number of aromatic nitrogens is 1. The molecule has 0 fully saturated rings. The van der Waals surface area contributed by atoms with Crippen LogP contribution in [0.2, 0.25) is 0 Å². The highest BCUT2D eigenvalue weighted by Gasteiger charge is 2.22. The average molecular weight is 245 g/mol. The fraction of sp³-hybridized carbons (Fsp3) is 0.467. The molecule has 0 saturated heterocycles. The molecule has 3 rings (SSSR count). The zero-order valence-electron chi connectivity index (χ0n) is 10.9. The van der Waals surface area contributed by atoms with Crippen LogP contribution in [-0.4, -0.2) is 23.3 Å². The van der Waals surface area contributed by atoms with Gasteiger partial charge in [-0.1, -0.05) is 19.9 Å². The van der Waals surface area contributed by atoms with Crippen LogP contribution in [0, 0.1) is 0 Å². The lowest BCUT2D eigenvalue weighted by Crippen LogP contribution is -2.21. The lowest BCUT2D eigenvalue weighted by Gasteiger charge is -2.22. The number of benzene rings is 1. The van der Waals surface area contributed by atoms with Crippen molar-refractivity contribution >= 4 is 10.9 Å². The van der Waals surface area contributed by atoms with Gasteiger partial charge in [0.1, 0.15) is 0 Å². The van der Waals surface area contributed by atoms with Crippen LogP contribution >= 0.6 is 0 Å². The van der Waals surface area contributed by atoms with Crippen molar-refractivity contribution in [1.29, 1.82) is 0 Å². The quantitative estimate of drug-likeness (QED) is 0.854. The standard InChI is InChI=1S/C15H19NO2/c1-15(2,9-17)10-3-4-13-11(7-10)12-8-18-6-5-14(12)16-13/h3-4,7,16-17H,5-6,8-9H2,1-2H3. The Morgan fingerprint density at radius 2 is 2.22 bits per heavy atom. The number of aromatic amines is 1. The Morgan fingerprint density at radius 3 is 3.00 bits per heavy atom. The molecule has 0 spiro atoms. The van der Waals surface area contributed by atoms with E-state index in [1.165, 1.54) is 27.7 Å². The van der Waals surface area contributed by atoms with Crippen LogP contribution in [0.4, 0.5) is 0 Å². The summed E-state index contributed by atoms with van der Waals surface area (Å²) in [6.45, 7) is 5.77. The Labute approximate surface area is 107 Å². The summed E-state index contributed by atoms with van der Waals surface area (Å²) in [7, 11) is 0. The number of ether oxygens (including phenoxy) is 1. The second-order valence-corrected chi connectivity index (χ2v) is 5.69. The van der Waals surface area contributed by atoms with Crippen molar-refractivity contribution in [3.8, 4) is 0 Å². The second-order valence-electron chi connectivity index (χ2n) is 5.69. The Hall–Kier alpha value is -1.32. The van der Waals surface area contributed by atoms with Crippen molar-refractivity contribution in [2.45, 2.75) is 32.3 Å². The third-order valence-electron chi connectivity index (χ3n) is 3.91. The molecule has 3 heteroatoms. The molecular weight excluding hydrogens is 226 g/mol. The molecule has 0 aliphatic carbocycles. The van der Waals surface area contributed by atoms with Gasteiger partial charge in [-0.25, -0.2) is 0 Å². The third-order valence-corrected chi connectivity index (χ3v) is 3.91. The molecular formula is C15H19NO2. The van der Waals surface area contributed by atoms with Crippen molar-refractivity contribution in [3.63, 3.8) is 0 Å². The number of aliphatic hydroxyl groups is 1. The highest BCUT2D eigenvalue weighted by Crippen LogP contribution is 2.31. The fourth-order valence-corrected chi connectivity index (χ4v) is 2.54. The zero-order chi connectivity index (χ0) is 12.8. The van der Waals surface area contributed by atoms with Gasteiger partial charge in [-0.15, -0.1) is 0 Å². The summed E-state index contributed by atoms with van der Waals surface area (Å²) >= 11 is 0. The van der Waals surface area contributed by atoms with E-state index >= 15 is 0 Å². The van der Waals surface area contributed by atoms with E-state index in [4.69, 9.17) is 4.74 Å². The van der Waals surface area contributed by atoms with Crippen LogP contribution in [0.3, 0.4) is 0 Å². The van der Waals surface area contributed by atoms with E-state index < -0.39 is 0 Å². The molecule has 0 unspecified atom stereocenters. The normalized spacial score (nSPS) is 15.9. The maximum Gasteiger partial charge on any atom is 0.0740 e. The van der Waals surface area contributed by atoms with Gasteiger partial charge < -0.3 is 14.8 Å². The van der Waals surface area contributed by atoms with E-state index in [0.29, 0.717) is 6.61 Å². The Kier molecular flexibility index (Phi) is 2.68. The van der Waals surface area contributed by atoms with E-state index in [9.17, 15) is 5.11 Å². The molecule has 1 aromatic heterocycles. The molecule has 0 radical (unpaired) electrons. The number of hydrogen-bond acceptors (Lipinski definition) is 2. The first-order valence-corrected chi connectivity index (χ1v) is 6.44. The monoisotopic (exact) mass is 245 g/mol. The number of rotatable bonds is 2. The Morgan fingerprint density at radius 1 is 1.39 bits per heavy atom. The third kappa shape index (κ3) is 1.74. The van der Waals surface area contributed by atoms with Crippen LogP contribution in [0.5, 0.6) is 0 Å². The maximum absolute atomic E-state index is 9.48. The van der Waals surface area contributed by atoms with Crippen molar-refractivity contribution in [2.24, 2.45) is 0 Å². The highest BCUT2D eigenvalue weighted by molar-refractivity contribution is 5.85. The minimum absolute atomic E-state index is 0.154. The first-order chi connectivity index (χ1) is 8.62. The first-order valence-electron chi connectivity index (χ1n) is 6.44. The summed E-state index contributed by atoms with van der Waals surface area (Å²) in [6, 6.07) is 6.40. The molecule has 0 amide bonds. The number of H-pyrrole nitrogens is 1. The lowest BCUT2D eigenvalue weighted by molar-refractivity contribution is 0.111. The molecule has 2 heterocycles. The highest BCUT2D eigenvalue weighted by atomic mass is 16.5. The molecule has 96 valence electrons. The molecule has 1 aliphatic heterocycles. The van der Waals surface area contributed by atoms with E-state index in [2.05, 4.69) is 37.0 Å². The van der Waals surface area contributed by atoms with Crippen molar-refractivity contribution in [3.05, 3.63) is 35.0 Å². The van der Waals surface area contributed by atoms with E-state index in [-0.39, 0.29) is 12.0 Å². The van der Waals surface area contributed by atoms with Crippen molar-refractivity contribution < 1.29 is 9.84 Å². The molecule has 2 N–H and O–H groups in total. The summed E-state index contributed by atoms with van der Waals surface area (Å²) in [5, 5.41) is 10.7. The number of fused-ring (bicyclic) bond motifs is 3. The van der Waals surface area contributed by atoms with Crippen LogP contribution in [0.25, 0.3) is 10.9 Å². The number of nitrogens with one attached hydrogen (secondary N) is 1. The van der Waals surface area contributed by atoms with Gasteiger partial charge in [-0.05, 0) is 17.7 Å². The topological polar surface area (TPSA) is 45.2 Å². The van der Waals surface area contributed by atoms with Crippen LogP contribution in [0.15, 0.2) is 18.2 Å². The predicted octanol–water partition coefficient (Wildman–Crippen LogP) is 2.51. The predicted molar refractivity (Wildman–Crippen MR) is 71.8 cm³/mol. The van der Waals surface area contributed by atoms with Gasteiger partial charge in [0.05, 0.1) is 19.8 Å². The summed E-state index contributed by atoms with van der Waals surface area (Å²) < 4.78 is 5.54. The smallest absolute Gasteiger partial charge is 0.0740 e. The van der Waals surface area contributed by atoms with E-state index in [0.717, 1.165) is 13.0 Å².